The van der Waals surface area contributed by atoms with E-state index in [1.807, 2.05) is 6.92 Å². The molecule has 3 nitrogen and oxygen atoms in total. The minimum atomic E-state index is 0. The van der Waals surface area contributed by atoms with Crippen LogP contribution in [0.4, 0.5) is 0 Å². The van der Waals surface area contributed by atoms with Gasteiger partial charge in [0.2, 0.25) is 0 Å². The Hall–Kier alpha value is -0.320. The monoisotopic (exact) mass is 295 g/mol. The highest BCUT2D eigenvalue weighted by molar-refractivity contribution is 9.10. The predicted molar refractivity (Wildman–Crippen MR) is 62.3 cm³/mol. The van der Waals surface area contributed by atoms with Gasteiger partial charge in [0.25, 0.3) is 0 Å². The largest absolute Gasteiger partial charge is 0.234 e. The SMILES string of the molecule is CCc1c(Cl)nn2ccnc2c1Br.Cl. The van der Waals surface area contributed by atoms with Crippen LogP contribution in [0.2, 0.25) is 5.15 Å². The van der Waals surface area contributed by atoms with Crippen LogP contribution in [0.15, 0.2) is 16.9 Å². The number of rotatable bonds is 1. The third kappa shape index (κ3) is 1.74. The summed E-state index contributed by atoms with van der Waals surface area (Å²) in [6.45, 7) is 2.03. The highest BCUT2D eigenvalue weighted by Crippen LogP contribution is 2.26. The van der Waals surface area contributed by atoms with Crippen molar-refractivity contribution in [1.29, 1.82) is 0 Å². The predicted octanol–water partition coefficient (Wildman–Crippen LogP) is 3.13. The van der Waals surface area contributed by atoms with Crippen LogP contribution < -0.4 is 0 Å². The van der Waals surface area contributed by atoms with Crippen molar-refractivity contribution in [2.75, 3.05) is 0 Å². The molecule has 0 atom stereocenters. The summed E-state index contributed by atoms with van der Waals surface area (Å²) >= 11 is 9.44. The average molecular weight is 297 g/mol. The maximum atomic E-state index is 5.98. The van der Waals surface area contributed by atoms with Crippen LogP contribution >= 0.6 is 39.9 Å². The van der Waals surface area contributed by atoms with E-state index in [0.717, 1.165) is 22.1 Å². The first-order chi connectivity index (χ1) is 6.24. The Bertz CT molecular complexity index is 455. The fourth-order valence-corrected chi connectivity index (χ4v) is 2.39. The van der Waals surface area contributed by atoms with Crippen molar-refractivity contribution in [3.05, 3.63) is 27.6 Å². The molecule has 0 bridgehead atoms. The summed E-state index contributed by atoms with van der Waals surface area (Å²) in [4.78, 5) is 4.16. The minimum Gasteiger partial charge on any atom is -0.234 e. The van der Waals surface area contributed by atoms with Crippen molar-refractivity contribution in [2.45, 2.75) is 13.3 Å². The second kappa shape index (κ2) is 4.47. The lowest BCUT2D eigenvalue weighted by Gasteiger charge is -2.04. The smallest absolute Gasteiger partial charge is 0.168 e. The van der Waals surface area contributed by atoms with E-state index in [4.69, 9.17) is 11.6 Å². The third-order valence-corrected chi connectivity index (χ3v) is 3.02. The molecular weight excluding hydrogens is 289 g/mol. The molecule has 6 heteroatoms. The third-order valence-electron chi connectivity index (χ3n) is 1.88. The van der Waals surface area contributed by atoms with Crippen LogP contribution in [0.1, 0.15) is 12.5 Å². The van der Waals surface area contributed by atoms with Crippen molar-refractivity contribution in [1.82, 2.24) is 14.6 Å². The summed E-state index contributed by atoms with van der Waals surface area (Å²) in [5.41, 5.74) is 1.81. The highest BCUT2D eigenvalue weighted by Gasteiger charge is 2.10. The quantitative estimate of drug-likeness (QED) is 0.809. The van der Waals surface area contributed by atoms with E-state index < -0.39 is 0 Å². The Balaban J connectivity index is 0.000000980. The zero-order valence-electron chi connectivity index (χ0n) is 7.37. The number of hydrogen-bond donors (Lipinski definition) is 0. The molecule has 14 heavy (non-hydrogen) atoms. The van der Waals surface area contributed by atoms with Gasteiger partial charge < -0.3 is 0 Å². The number of halogens is 3. The standard InChI is InChI=1S/C8H7BrClN3.ClH/c1-2-5-6(9)8-11-3-4-13(8)12-7(5)10;/h3-4H,2H2,1H3;1H. The van der Waals surface area contributed by atoms with Gasteiger partial charge in [-0.05, 0) is 22.4 Å². The Morgan fingerprint density at radius 3 is 2.93 bits per heavy atom. The molecule has 0 aromatic carbocycles. The minimum absolute atomic E-state index is 0. The van der Waals surface area contributed by atoms with E-state index in [-0.39, 0.29) is 12.4 Å². The summed E-state index contributed by atoms with van der Waals surface area (Å²) in [6.07, 6.45) is 4.31. The Morgan fingerprint density at radius 2 is 2.29 bits per heavy atom. The fraction of sp³-hybridized carbons (Fsp3) is 0.250. The van der Waals surface area contributed by atoms with Crippen molar-refractivity contribution in [2.24, 2.45) is 0 Å². The molecule has 2 aromatic heterocycles. The molecule has 76 valence electrons. The van der Waals surface area contributed by atoms with E-state index in [1.165, 1.54) is 0 Å². The van der Waals surface area contributed by atoms with Crippen LogP contribution in [0.25, 0.3) is 5.65 Å². The second-order valence-electron chi connectivity index (χ2n) is 2.63. The van der Waals surface area contributed by atoms with Crippen molar-refractivity contribution in [3.63, 3.8) is 0 Å². The van der Waals surface area contributed by atoms with Crippen LogP contribution in [0, 0.1) is 0 Å². The summed E-state index contributed by atoms with van der Waals surface area (Å²) in [5.74, 6) is 0. The van der Waals surface area contributed by atoms with E-state index in [2.05, 4.69) is 26.0 Å². The first-order valence-electron chi connectivity index (χ1n) is 3.91. The maximum absolute atomic E-state index is 5.98. The van der Waals surface area contributed by atoms with Gasteiger partial charge in [-0.1, -0.05) is 18.5 Å². The van der Waals surface area contributed by atoms with Gasteiger partial charge in [0.05, 0.1) is 4.47 Å². The number of hydrogen-bond acceptors (Lipinski definition) is 2. The van der Waals surface area contributed by atoms with E-state index in [1.54, 1.807) is 16.9 Å². The number of imidazole rings is 1. The molecule has 0 saturated heterocycles. The maximum Gasteiger partial charge on any atom is 0.168 e. The number of nitrogens with zero attached hydrogens (tertiary/aromatic N) is 3. The van der Waals surface area contributed by atoms with Crippen LogP contribution in [0.3, 0.4) is 0 Å². The topological polar surface area (TPSA) is 30.2 Å². The Morgan fingerprint density at radius 1 is 1.57 bits per heavy atom. The van der Waals surface area contributed by atoms with Crippen LogP contribution in [-0.2, 0) is 6.42 Å². The molecule has 2 heterocycles. The molecule has 0 aliphatic heterocycles. The molecule has 0 unspecified atom stereocenters. The lowest BCUT2D eigenvalue weighted by atomic mass is 10.2. The van der Waals surface area contributed by atoms with Crippen molar-refractivity contribution < 1.29 is 0 Å². The van der Waals surface area contributed by atoms with Gasteiger partial charge in [0, 0.05) is 18.0 Å². The fourth-order valence-electron chi connectivity index (χ4n) is 1.22. The Labute approximate surface area is 101 Å². The molecular formula is C8H8BrCl2N3. The van der Waals surface area contributed by atoms with E-state index >= 15 is 0 Å². The summed E-state index contributed by atoms with van der Waals surface area (Å²) in [7, 11) is 0. The Kier molecular flexibility index (Phi) is 3.75. The summed E-state index contributed by atoms with van der Waals surface area (Å²) in [6, 6.07) is 0. The van der Waals surface area contributed by atoms with Gasteiger partial charge in [-0.15, -0.1) is 12.4 Å². The van der Waals surface area contributed by atoms with Gasteiger partial charge >= 0.3 is 0 Å². The molecule has 0 N–H and O–H groups in total. The van der Waals surface area contributed by atoms with Crippen LogP contribution in [0.5, 0.6) is 0 Å². The normalized spacial score (nSPS) is 10.2. The zero-order valence-corrected chi connectivity index (χ0v) is 10.5. The van der Waals surface area contributed by atoms with Gasteiger partial charge in [-0.2, -0.15) is 5.10 Å². The molecule has 2 aromatic rings. The van der Waals surface area contributed by atoms with Crippen molar-refractivity contribution >= 4 is 45.6 Å². The molecule has 2 rings (SSSR count). The molecule has 0 fully saturated rings. The molecule has 0 aliphatic rings. The average Bonchev–Trinajstić information content (AvgIpc) is 2.53. The second-order valence-corrected chi connectivity index (χ2v) is 3.78. The molecule has 0 amide bonds. The van der Waals surface area contributed by atoms with Gasteiger partial charge in [-0.3, -0.25) is 0 Å². The lowest BCUT2D eigenvalue weighted by molar-refractivity contribution is 0.907. The van der Waals surface area contributed by atoms with Gasteiger partial charge in [-0.25, -0.2) is 9.50 Å². The molecule has 0 aliphatic carbocycles. The number of fused-ring (bicyclic) bond motifs is 1. The number of aromatic nitrogens is 3. The van der Waals surface area contributed by atoms with E-state index in [0.29, 0.717) is 5.15 Å². The lowest BCUT2D eigenvalue weighted by Crippen LogP contribution is -1.97. The van der Waals surface area contributed by atoms with Crippen molar-refractivity contribution in [3.8, 4) is 0 Å². The molecule has 0 radical (unpaired) electrons. The van der Waals surface area contributed by atoms with Gasteiger partial charge in [0.15, 0.2) is 10.8 Å². The molecule has 0 saturated carbocycles. The zero-order chi connectivity index (χ0) is 9.42. The first-order valence-corrected chi connectivity index (χ1v) is 5.08. The van der Waals surface area contributed by atoms with E-state index in [9.17, 15) is 0 Å². The summed E-state index contributed by atoms with van der Waals surface area (Å²) < 4.78 is 2.59. The first kappa shape index (κ1) is 11.8. The highest BCUT2D eigenvalue weighted by atomic mass is 79.9. The van der Waals surface area contributed by atoms with Crippen LogP contribution in [-0.4, -0.2) is 14.6 Å². The summed E-state index contributed by atoms with van der Waals surface area (Å²) in [5, 5.41) is 4.68. The van der Waals surface area contributed by atoms with Gasteiger partial charge in [0.1, 0.15) is 0 Å². The molecule has 0 spiro atoms.